The van der Waals surface area contributed by atoms with Gasteiger partial charge in [-0.1, -0.05) is 0 Å². The fourth-order valence-corrected chi connectivity index (χ4v) is 13.8. The van der Waals surface area contributed by atoms with Crippen molar-refractivity contribution in [1.82, 2.24) is 5.32 Å². The van der Waals surface area contributed by atoms with Crippen molar-refractivity contribution < 1.29 is 26.4 Å². The second-order valence-electron chi connectivity index (χ2n) is 6.75. The normalized spacial score (nSPS) is 12.9. The number of halogens is 4. The summed E-state index contributed by atoms with van der Waals surface area (Å²) in [5, 5.41) is 2.11. The summed E-state index contributed by atoms with van der Waals surface area (Å²) < 4.78 is 66.6. The first-order valence-corrected chi connectivity index (χ1v) is 15.7. The SMILES string of the molecule is O=C(C[As](c1cc(C(F)(F)F)ccc1Cl)S(=O)(=O)c1ccccc1)NCc1ccccc1. The first-order chi connectivity index (χ1) is 15.1. The molecule has 3 rings (SSSR count). The molecule has 3 aromatic carbocycles. The van der Waals surface area contributed by atoms with Gasteiger partial charge in [0.25, 0.3) is 0 Å². The van der Waals surface area contributed by atoms with Crippen LogP contribution in [0.1, 0.15) is 11.1 Å². The third kappa shape index (κ3) is 5.94. The topological polar surface area (TPSA) is 63.2 Å². The summed E-state index contributed by atoms with van der Waals surface area (Å²) in [7, 11) is -4.08. The molecule has 3 aromatic rings. The molecule has 1 amide bonds. The van der Waals surface area contributed by atoms with E-state index in [2.05, 4.69) is 5.32 Å². The van der Waals surface area contributed by atoms with Gasteiger partial charge in [0.15, 0.2) is 0 Å². The molecule has 0 aliphatic heterocycles. The molecular weight excluding hydrogens is 526 g/mol. The van der Waals surface area contributed by atoms with Crippen molar-refractivity contribution in [2.75, 3.05) is 0 Å². The van der Waals surface area contributed by atoms with E-state index >= 15 is 0 Å². The molecule has 168 valence electrons. The molecule has 0 saturated heterocycles. The van der Waals surface area contributed by atoms with Crippen LogP contribution in [0.2, 0.25) is 10.2 Å². The van der Waals surface area contributed by atoms with Crippen molar-refractivity contribution in [2.45, 2.75) is 22.8 Å². The number of carbonyl (C=O) groups excluding carboxylic acids is 1. The maximum atomic E-state index is 13.4. The van der Waals surface area contributed by atoms with Gasteiger partial charge in [0.05, 0.1) is 0 Å². The van der Waals surface area contributed by atoms with Crippen LogP contribution < -0.4 is 9.67 Å². The molecular formula is C22H18AsClF3NO3S. The van der Waals surface area contributed by atoms with E-state index in [4.69, 9.17) is 11.6 Å². The quantitative estimate of drug-likeness (QED) is 0.451. The Bertz CT molecular complexity index is 1190. The van der Waals surface area contributed by atoms with Gasteiger partial charge in [-0.2, -0.15) is 0 Å². The van der Waals surface area contributed by atoms with Crippen molar-refractivity contribution in [3.05, 3.63) is 95.0 Å². The number of alkyl halides is 3. The summed E-state index contributed by atoms with van der Waals surface area (Å²) in [6.07, 6.45) is -4.68. The number of nitrogens with one attached hydrogen (secondary N) is 1. The minimum atomic E-state index is -4.68. The predicted molar refractivity (Wildman–Crippen MR) is 119 cm³/mol. The molecule has 0 radical (unpaired) electrons. The van der Waals surface area contributed by atoms with Gasteiger partial charge in [-0.25, -0.2) is 0 Å². The van der Waals surface area contributed by atoms with E-state index in [1.807, 2.05) is 6.07 Å². The van der Waals surface area contributed by atoms with Crippen molar-refractivity contribution in [2.24, 2.45) is 0 Å². The Morgan fingerprint density at radius 2 is 1.53 bits per heavy atom. The first-order valence-electron chi connectivity index (χ1n) is 9.34. The third-order valence-electron chi connectivity index (χ3n) is 4.49. The third-order valence-corrected chi connectivity index (χ3v) is 16.3. The summed E-state index contributed by atoms with van der Waals surface area (Å²) >= 11 is 2.65. The molecule has 4 nitrogen and oxygen atoms in total. The molecule has 0 bridgehead atoms. The molecule has 0 saturated carbocycles. The van der Waals surface area contributed by atoms with Crippen molar-refractivity contribution in [3.63, 3.8) is 0 Å². The van der Waals surface area contributed by atoms with Gasteiger partial charge in [-0.15, -0.1) is 0 Å². The zero-order valence-corrected chi connectivity index (χ0v) is 20.0. The Labute approximate surface area is 192 Å². The Morgan fingerprint density at radius 1 is 0.938 bits per heavy atom. The van der Waals surface area contributed by atoms with Crippen molar-refractivity contribution >= 4 is 43.5 Å². The summed E-state index contributed by atoms with van der Waals surface area (Å²) in [5.41, 5.74) is -0.202. The van der Waals surface area contributed by atoms with E-state index < -0.39 is 44.5 Å². The van der Waals surface area contributed by atoms with E-state index in [0.29, 0.717) is 0 Å². The van der Waals surface area contributed by atoms with Gasteiger partial charge in [-0.05, 0) is 0 Å². The molecule has 1 atom stereocenters. The molecule has 10 heteroatoms. The van der Waals surface area contributed by atoms with Crippen LogP contribution in [0.4, 0.5) is 13.2 Å². The molecule has 0 fully saturated rings. The van der Waals surface area contributed by atoms with Gasteiger partial charge < -0.3 is 0 Å². The molecule has 32 heavy (non-hydrogen) atoms. The standard InChI is InChI=1S/C22H18AsClF3NO3S/c24-20-12-11-17(22(25,26)27)13-19(20)23(32(30,31)18-9-5-2-6-10-18)14-21(29)28-15-16-7-3-1-4-8-16/h1-13H,14-15H2,(H,28,29). The van der Waals surface area contributed by atoms with Crippen LogP contribution in [-0.4, -0.2) is 27.8 Å². The monoisotopic (exact) mass is 543 g/mol. The van der Waals surface area contributed by atoms with E-state index in [9.17, 15) is 26.4 Å². The number of hydrogen-bond donors (Lipinski definition) is 1. The zero-order chi connectivity index (χ0) is 23.4. The van der Waals surface area contributed by atoms with Crippen LogP contribution in [0.25, 0.3) is 0 Å². The van der Waals surface area contributed by atoms with E-state index in [1.165, 1.54) is 24.3 Å². The summed E-state index contributed by atoms with van der Waals surface area (Å²) in [5.74, 6) is -0.568. The van der Waals surface area contributed by atoms with Gasteiger partial charge in [0.2, 0.25) is 0 Å². The number of carbonyl (C=O) groups is 1. The van der Waals surface area contributed by atoms with Crippen molar-refractivity contribution in [1.29, 1.82) is 0 Å². The summed E-state index contributed by atoms with van der Waals surface area (Å²) in [6.45, 7) is 0.170. The maximum absolute atomic E-state index is 13.4. The molecule has 1 unspecified atom stereocenters. The Hall–Kier alpha value is -2.28. The molecule has 0 spiro atoms. The second kappa shape index (κ2) is 10.1. The average molecular weight is 544 g/mol. The second-order valence-corrected chi connectivity index (χ2v) is 17.2. The van der Waals surface area contributed by atoms with Crippen LogP contribution in [0.3, 0.4) is 0 Å². The van der Waals surface area contributed by atoms with E-state index in [-0.39, 0.29) is 20.8 Å². The summed E-state index contributed by atoms with van der Waals surface area (Å²) in [6, 6.07) is 19.0. The number of amides is 1. The number of benzene rings is 3. The summed E-state index contributed by atoms with van der Waals surface area (Å²) in [4.78, 5) is 12.6. The predicted octanol–water partition coefficient (Wildman–Crippen LogP) is 4.35. The molecule has 0 aromatic heterocycles. The zero-order valence-electron chi connectivity index (χ0n) is 16.5. The number of hydrogen-bond acceptors (Lipinski definition) is 3. The van der Waals surface area contributed by atoms with Crippen LogP contribution in [0.5, 0.6) is 0 Å². The fourth-order valence-electron chi connectivity index (χ4n) is 2.88. The van der Waals surface area contributed by atoms with Crippen LogP contribution in [0, 0.1) is 0 Å². The van der Waals surface area contributed by atoms with Gasteiger partial charge in [0, 0.05) is 0 Å². The Morgan fingerprint density at radius 3 is 2.12 bits per heavy atom. The molecule has 0 aliphatic carbocycles. The van der Waals surface area contributed by atoms with Gasteiger partial charge in [-0.3, -0.25) is 0 Å². The molecule has 0 heterocycles. The van der Waals surface area contributed by atoms with Crippen LogP contribution >= 0.6 is 11.6 Å². The Kier molecular flexibility index (Phi) is 7.70. The fraction of sp³-hybridized carbons (Fsp3) is 0.136. The molecule has 1 N–H and O–H groups in total. The number of rotatable bonds is 7. The van der Waals surface area contributed by atoms with Gasteiger partial charge >= 0.3 is 193 Å². The van der Waals surface area contributed by atoms with Crippen LogP contribution in [-0.2, 0) is 25.6 Å². The van der Waals surface area contributed by atoms with Crippen LogP contribution in [0.15, 0.2) is 83.8 Å². The van der Waals surface area contributed by atoms with E-state index in [0.717, 1.165) is 23.8 Å². The van der Waals surface area contributed by atoms with E-state index in [1.54, 1.807) is 30.3 Å². The van der Waals surface area contributed by atoms with Crippen molar-refractivity contribution in [3.8, 4) is 0 Å². The minimum absolute atomic E-state index is 0.0515. The Balaban J connectivity index is 1.98. The first kappa shape index (κ1) is 24.4. The average Bonchev–Trinajstić information content (AvgIpc) is 2.77. The molecule has 0 aliphatic rings. The van der Waals surface area contributed by atoms with Gasteiger partial charge in [0.1, 0.15) is 0 Å².